The molecular weight excluding hydrogens is 571 g/mol. The van der Waals surface area contributed by atoms with Gasteiger partial charge in [0.15, 0.2) is 11.8 Å². The molecule has 0 radical (unpaired) electrons. The lowest BCUT2D eigenvalue weighted by atomic mass is 9.96. The molecule has 13 heteroatoms. The van der Waals surface area contributed by atoms with Crippen molar-refractivity contribution in [3.8, 4) is 11.3 Å². The number of aromatic nitrogens is 1. The van der Waals surface area contributed by atoms with Gasteiger partial charge in [-0.15, -0.1) is 0 Å². The number of hydrogen-bond donors (Lipinski definition) is 4. The zero-order valence-electron chi connectivity index (χ0n) is 24.0. The van der Waals surface area contributed by atoms with Gasteiger partial charge in [0, 0.05) is 30.1 Å². The number of carbonyl (C=O) groups is 1. The molecule has 2 aliphatic rings. The summed E-state index contributed by atoms with van der Waals surface area (Å²) in [6.45, 7) is 0.614. The van der Waals surface area contributed by atoms with E-state index in [-0.39, 0.29) is 17.8 Å². The highest BCUT2D eigenvalue weighted by Crippen LogP contribution is 2.33. The van der Waals surface area contributed by atoms with Crippen LogP contribution in [0.1, 0.15) is 24.0 Å². The van der Waals surface area contributed by atoms with Gasteiger partial charge in [0.05, 0.1) is 17.6 Å². The second-order valence-corrected chi connectivity index (χ2v) is 10.1. The van der Waals surface area contributed by atoms with E-state index in [2.05, 4.69) is 30.7 Å². The van der Waals surface area contributed by atoms with Crippen LogP contribution in [0, 0.1) is 6.92 Å². The van der Waals surface area contributed by atoms with Gasteiger partial charge in [-0.1, -0.05) is 42.0 Å². The van der Waals surface area contributed by atoms with Crippen molar-refractivity contribution in [1.29, 1.82) is 0 Å². The van der Waals surface area contributed by atoms with Crippen LogP contribution in [-0.4, -0.2) is 53.8 Å². The minimum atomic E-state index is -4.52. The summed E-state index contributed by atoms with van der Waals surface area (Å²) in [4.78, 5) is 25.5. The van der Waals surface area contributed by atoms with E-state index in [1.54, 1.807) is 13.2 Å². The molecule has 3 aromatic rings. The third kappa shape index (κ3) is 7.30. The lowest BCUT2D eigenvalue weighted by molar-refractivity contribution is -0.136. The molecule has 10 nitrogen and oxygen atoms in total. The fourth-order valence-corrected chi connectivity index (χ4v) is 4.64. The quantitative estimate of drug-likeness (QED) is 0.225. The van der Waals surface area contributed by atoms with Crippen molar-refractivity contribution < 1.29 is 18.0 Å². The van der Waals surface area contributed by atoms with Crippen molar-refractivity contribution >= 4 is 41.0 Å². The van der Waals surface area contributed by atoms with E-state index in [0.717, 1.165) is 33.8 Å². The Kier molecular flexibility index (Phi) is 8.74. The molecule has 44 heavy (non-hydrogen) atoms. The average Bonchev–Trinajstić information content (AvgIpc) is 3.21. The molecule has 5 N–H and O–H groups in total. The van der Waals surface area contributed by atoms with E-state index in [4.69, 9.17) is 5.73 Å². The van der Waals surface area contributed by atoms with Crippen molar-refractivity contribution in [2.45, 2.75) is 25.9 Å². The van der Waals surface area contributed by atoms with Gasteiger partial charge in [-0.05, 0) is 55.2 Å². The first-order valence-corrected chi connectivity index (χ1v) is 13.7. The molecule has 0 aliphatic carbocycles. The maximum absolute atomic E-state index is 12.7. The van der Waals surface area contributed by atoms with Crippen LogP contribution in [0.2, 0.25) is 0 Å². The third-order valence-electron chi connectivity index (χ3n) is 6.89. The van der Waals surface area contributed by atoms with Crippen LogP contribution in [0.25, 0.3) is 16.8 Å². The number of amides is 1. The largest absolute Gasteiger partial charge is 0.405 e. The molecule has 5 rings (SSSR count). The number of carbonyl (C=O) groups excluding carboxylic acids is 1. The monoisotopic (exact) mass is 601 g/mol. The predicted octanol–water partition coefficient (Wildman–Crippen LogP) is 5.25. The number of fused-ring (bicyclic) bond motifs is 1. The second kappa shape index (κ2) is 12.8. The molecule has 0 bridgehead atoms. The number of nitrogens with two attached hydrogens (primary N) is 1. The predicted molar refractivity (Wildman–Crippen MR) is 167 cm³/mol. The first kappa shape index (κ1) is 30.0. The van der Waals surface area contributed by atoms with Crippen LogP contribution in [0.3, 0.4) is 0 Å². The molecule has 2 aliphatic heterocycles. The van der Waals surface area contributed by atoms with Crippen molar-refractivity contribution in [1.82, 2.24) is 15.3 Å². The number of nitrogens with zero attached hydrogens (tertiary/aromatic N) is 5. The molecule has 1 aromatic heterocycles. The number of pyridine rings is 1. The summed E-state index contributed by atoms with van der Waals surface area (Å²) in [5, 5.41) is 13.9. The first-order chi connectivity index (χ1) is 21.1. The van der Waals surface area contributed by atoms with E-state index in [1.165, 1.54) is 23.1 Å². The Morgan fingerprint density at radius 1 is 0.977 bits per heavy atom. The topological polar surface area (TPSA) is 132 Å². The number of hydrogen-bond acceptors (Lipinski definition) is 7. The van der Waals surface area contributed by atoms with Gasteiger partial charge in [-0.25, -0.2) is 10.0 Å². The highest BCUT2D eigenvalue weighted by Gasteiger charge is 2.30. The van der Waals surface area contributed by atoms with E-state index in [9.17, 15) is 18.0 Å². The number of benzene rings is 2. The summed E-state index contributed by atoms with van der Waals surface area (Å²) in [6.07, 6.45) is 0.327. The Balaban J connectivity index is 1.28. The van der Waals surface area contributed by atoms with Gasteiger partial charge in [0.1, 0.15) is 18.6 Å². The average molecular weight is 602 g/mol. The molecule has 1 amide bonds. The number of alkyl halides is 3. The van der Waals surface area contributed by atoms with E-state index in [0.29, 0.717) is 18.1 Å². The van der Waals surface area contributed by atoms with Gasteiger partial charge in [0.2, 0.25) is 5.91 Å². The Hall–Kier alpha value is -5.46. The molecule has 0 saturated carbocycles. The van der Waals surface area contributed by atoms with Gasteiger partial charge in [-0.3, -0.25) is 14.8 Å². The Morgan fingerprint density at radius 3 is 2.32 bits per heavy atom. The summed E-state index contributed by atoms with van der Waals surface area (Å²) < 4.78 is 38.0. The second-order valence-electron chi connectivity index (χ2n) is 10.1. The zero-order valence-corrected chi connectivity index (χ0v) is 24.0. The maximum atomic E-state index is 12.7. The van der Waals surface area contributed by atoms with Gasteiger partial charge in [-0.2, -0.15) is 18.3 Å². The summed E-state index contributed by atoms with van der Waals surface area (Å²) in [7, 11) is 1.66. The normalized spacial score (nSPS) is 15.2. The molecular formula is C31H30F3N9O. The Bertz CT molecular complexity index is 1670. The number of allylic oxidation sites excluding steroid dienone is 1. The van der Waals surface area contributed by atoms with Gasteiger partial charge < -0.3 is 21.7 Å². The maximum Gasteiger partial charge on any atom is 0.405 e. The summed E-state index contributed by atoms with van der Waals surface area (Å²) >= 11 is 0. The van der Waals surface area contributed by atoms with Crippen molar-refractivity contribution in [3.63, 3.8) is 0 Å². The highest BCUT2D eigenvalue weighted by atomic mass is 19.4. The van der Waals surface area contributed by atoms with Crippen molar-refractivity contribution in [2.24, 2.45) is 20.8 Å². The van der Waals surface area contributed by atoms with Crippen LogP contribution in [0.4, 0.5) is 24.5 Å². The lowest BCUT2D eigenvalue weighted by Crippen LogP contribution is -2.35. The van der Waals surface area contributed by atoms with Crippen molar-refractivity contribution in [2.75, 3.05) is 24.2 Å². The lowest BCUT2D eigenvalue weighted by Gasteiger charge is -2.23. The fraction of sp³-hybridized carbons (Fsp3) is 0.194. The summed E-state index contributed by atoms with van der Waals surface area (Å²) in [6, 6.07) is 19.5. The van der Waals surface area contributed by atoms with Crippen molar-refractivity contribution in [3.05, 3.63) is 95.5 Å². The molecule has 0 saturated heterocycles. The van der Waals surface area contributed by atoms with Crippen LogP contribution in [0.15, 0.2) is 99.4 Å². The molecule has 2 aromatic carbocycles. The third-order valence-corrected chi connectivity index (χ3v) is 6.89. The van der Waals surface area contributed by atoms with Crippen LogP contribution in [-0.2, 0) is 4.79 Å². The number of anilines is 2. The molecule has 0 spiro atoms. The number of halogens is 3. The standard InChI is InChI=1S/C31H30F3N9O/c1-19-3-5-21(6-4-19)26-14-12-24(15-37-26)42-30(36-2)41-23-10-7-20(8-11-23)25-13-9-22(29(44)38-17-31(32,33)34)16-43-27(25)28(35)39-18-40-43/h3-8,10-12,14-16,18H,9,13,17H2,1-2H3,(H,38,44)(H2,35,39,40)(H2,36,41,42). The molecule has 0 unspecified atom stereocenters. The summed E-state index contributed by atoms with van der Waals surface area (Å²) in [5.74, 6) is -0.142. The SMILES string of the molecule is CN=C(Nc1ccc(C2=C3C(N)=NC=NN3C=C(C(=O)NCC(F)(F)F)CC2)cc1)Nc1ccc(-c2ccc(C)cc2)nc1. The van der Waals surface area contributed by atoms with E-state index >= 15 is 0 Å². The van der Waals surface area contributed by atoms with Crippen LogP contribution in [0.5, 0.6) is 0 Å². The smallest absolute Gasteiger partial charge is 0.382 e. The van der Waals surface area contributed by atoms with E-state index < -0.39 is 18.6 Å². The minimum Gasteiger partial charge on any atom is -0.382 e. The Morgan fingerprint density at radius 2 is 1.66 bits per heavy atom. The number of aryl methyl sites for hydroxylation is 1. The van der Waals surface area contributed by atoms with E-state index in [1.807, 2.05) is 72.9 Å². The number of nitrogens with one attached hydrogen (secondary N) is 3. The molecule has 3 heterocycles. The number of hydrazone groups is 1. The molecule has 226 valence electrons. The zero-order chi connectivity index (χ0) is 31.3. The highest BCUT2D eigenvalue weighted by molar-refractivity contribution is 6.08. The number of amidine groups is 1. The molecule has 0 fully saturated rings. The summed E-state index contributed by atoms with van der Waals surface area (Å²) in [5.41, 5.74) is 12.9. The number of rotatable bonds is 6. The first-order valence-electron chi connectivity index (χ1n) is 13.7. The molecule has 0 atom stereocenters. The van der Waals surface area contributed by atoms with Gasteiger partial charge >= 0.3 is 6.18 Å². The number of guanidine groups is 1. The fourth-order valence-electron chi connectivity index (χ4n) is 4.64. The van der Waals surface area contributed by atoms with Crippen LogP contribution < -0.4 is 21.7 Å². The van der Waals surface area contributed by atoms with Gasteiger partial charge in [0.25, 0.3) is 0 Å². The van der Waals surface area contributed by atoms with Crippen LogP contribution >= 0.6 is 0 Å². The number of aliphatic imine (C=N–C) groups is 2. The minimum absolute atomic E-state index is 0.142. The Labute approximate surface area is 252 Å².